The number of halogens is 7. The fraction of sp³-hybridized carbons (Fsp3) is 0.588. The number of piperazine rings is 1. The lowest BCUT2D eigenvalue weighted by Crippen LogP contribution is -2.58. The molecule has 0 N–H and O–H groups in total. The largest absolute Gasteiger partial charge is 0.430 e. The minimum absolute atomic E-state index is 0.106. The van der Waals surface area contributed by atoms with Crippen LogP contribution in [-0.2, 0) is 29.7 Å². The van der Waals surface area contributed by atoms with Gasteiger partial charge in [-0.05, 0) is 61.9 Å². The maximum atomic E-state index is 14.7. The summed E-state index contributed by atoms with van der Waals surface area (Å²) in [5.74, 6) is -1.41. The molecule has 1 aliphatic carbocycles. The molecule has 8 nitrogen and oxygen atoms in total. The van der Waals surface area contributed by atoms with Crippen molar-refractivity contribution in [1.29, 1.82) is 0 Å². The second kappa shape index (κ2) is 14.0. The molecule has 1 unspecified atom stereocenters. The van der Waals surface area contributed by atoms with Crippen LogP contribution in [0, 0.1) is 11.7 Å². The van der Waals surface area contributed by atoms with E-state index in [2.05, 4.69) is 0 Å². The first kappa shape index (κ1) is 37.8. The van der Waals surface area contributed by atoms with Crippen molar-refractivity contribution in [3.63, 3.8) is 0 Å². The number of carbonyl (C=O) groups is 2. The highest BCUT2D eigenvalue weighted by Gasteiger charge is 2.74. The van der Waals surface area contributed by atoms with Gasteiger partial charge >= 0.3 is 18.4 Å². The number of carbonyl (C=O) groups excluding carboxylic acids is 2. The Hall–Kier alpha value is -3.40. The van der Waals surface area contributed by atoms with E-state index in [9.17, 15) is 48.7 Å². The zero-order valence-electron chi connectivity index (χ0n) is 27.7. The van der Waals surface area contributed by atoms with Crippen LogP contribution in [0.1, 0.15) is 63.5 Å². The summed E-state index contributed by atoms with van der Waals surface area (Å²) in [7, 11) is -4.53. The highest BCUT2D eigenvalue weighted by Crippen LogP contribution is 2.55. The van der Waals surface area contributed by atoms with Gasteiger partial charge < -0.3 is 19.4 Å². The zero-order valence-corrected chi connectivity index (χ0v) is 28.5. The summed E-state index contributed by atoms with van der Waals surface area (Å²) in [5.41, 5.74) is -6.09. The van der Waals surface area contributed by atoms with E-state index in [0.717, 1.165) is 42.8 Å². The molecule has 2 atom stereocenters. The van der Waals surface area contributed by atoms with E-state index >= 15 is 0 Å². The van der Waals surface area contributed by atoms with Crippen molar-refractivity contribution in [2.24, 2.45) is 5.92 Å². The van der Waals surface area contributed by atoms with Gasteiger partial charge in [0.2, 0.25) is 5.91 Å². The van der Waals surface area contributed by atoms with Crippen LogP contribution >= 0.6 is 0 Å². The van der Waals surface area contributed by atoms with Gasteiger partial charge in [0.05, 0.1) is 11.0 Å². The molecule has 3 aliphatic rings. The highest BCUT2D eigenvalue weighted by atomic mass is 32.2. The van der Waals surface area contributed by atoms with E-state index in [0.29, 0.717) is 37.8 Å². The minimum atomic E-state index is -5.93. The van der Waals surface area contributed by atoms with E-state index in [1.165, 1.54) is 23.6 Å². The number of alkyl halides is 6. The normalized spacial score (nSPS) is 22.1. The van der Waals surface area contributed by atoms with E-state index in [-0.39, 0.29) is 55.5 Å². The van der Waals surface area contributed by atoms with Gasteiger partial charge in [-0.3, -0.25) is 4.79 Å². The van der Waals surface area contributed by atoms with Crippen molar-refractivity contribution in [2.45, 2.75) is 86.1 Å². The lowest BCUT2D eigenvalue weighted by Gasteiger charge is -2.41. The highest BCUT2D eigenvalue weighted by molar-refractivity contribution is 7.92. The number of hydrogen-bond acceptors (Lipinski definition) is 5. The summed E-state index contributed by atoms with van der Waals surface area (Å²) in [4.78, 5) is 29.3. The van der Waals surface area contributed by atoms with Gasteiger partial charge in [0, 0.05) is 51.8 Å². The van der Waals surface area contributed by atoms with Crippen LogP contribution in [0.3, 0.4) is 0 Å². The smallest absolute Gasteiger partial charge is 0.351 e. The Bertz CT molecular complexity index is 1620. The van der Waals surface area contributed by atoms with Crippen LogP contribution in [0.5, 0.6) is 0 Å². The van der Waals surface area contributed by atoms with Crippen molar-refractivity contribution < 1.29 is 53.5 Å². The van der Waals surface area contributed by atoms with Gasteiger partial charge in [-0.25, -0.2) is 17.6 Å². The standard InChI is InChI=1S/C34H40F7N3O5S/c1-23(25-6-4-3-5-7-25)49-32(33(36,37)38,34(39,40)41)27-10-8-26(9-11-27)31(50(47,48)29-14-12-28(35)13-15-29)16-17-44(22-31)30(46)43-20-18-42(19-21-43)24(2)45/h8-15,23,25H,3-7,16-22H2,1-2H3/t23?,31-/m0/s1. The third-order valence-electron chi connectivity index (χ3n) is 10.4. The Kier molecular flexibility index (Phi) is 10.6. The second-order valence-corrected chi connectivity index (χ2v) is 15.6. The average molecular weight is 736 g/mol. The molecule has 5 rings (SSSR count). The third-order valence-corrected chi connectivity index (χ3v) is 12.9. The number of rotatable bonds is 7. The maximum absolute atomic E-state index is 14.7. The van der Waals surface area contributed by atoms with Crippen molar-refractivity contribution in [1.82, 2.24) is 14.7 Å². The SMILES string of the molecule is CC(=O)N1CCN(C(=O)N2CC[C@](c3ccc(C(OC(C)C4CCCCC4)(C(F)(F)F)C(F)(F)F)cc3)(S(=O)(=O)c3ccc(F)cc3)C2)CC1. The molecule has 0 radical (unpaired) electrons. The molecule has 0 spiro atoms. The van der Waals surface area contributed by atoms with Crippen molar-refractivity contribution in [3.05, 3.63) is 65.5 Å². The van der Waals surface area contributed by atoms with Crippen LogP contribution in [0.15, 0.2) is 53.4 Å². The molecule has 2 saturated heterocycles. The van der Waals surface area contributed by atoms with Crippen LogP contribution in [0.4, 0.5) is 35.5 Å². The minimum Gasteiger partial charge on any atom is -0.351 e. The second-order valence-electron chi connectivity index (χ2n) is 13.4. The Morgan fingerprint density at radius 3 is 1.86 bits per heavy atom. The molecule has 0 bridgehead atoms. The molecule has 276 valence electrons. The third kappa shape index (κ3) is 6.81. The predicted octanol–water partition coefficient (Wildman–Crippen LogP) is 6.79. The first-order chi connectivity index (χ1) is 23.3. The molecular weight excluding hydrogens is 695 g/mol. The number of benzene rings is 2. The molecule has 2 aromatic carbocycles. The van der Waals surface area contributed by atoms with E-state index in [1.54, 1.807) is 4.90 Å². The number of likely N-dealkylation sites (tertiary alicyclic amines) is 1. The Balaban J connectivity index is 1.54. The predicted molar refractivity (Wildman–Crippen MR) is 168 cm³/mol. The maximum Gasteiger partial charge on any atom is 0.430 e. The molecule has 3 fully saturated rings. The summed E-state index contributed by atoms with van der Waals surface area (Å²) < 4.78 is 134. The van der Waals surface area contributed by atoms with Crippen molar-refractivity contribution in [2.75, 3.05) is 39.3 Å². The van der Waals surface area contributed by atoms with Gasteiger partial charge in [0.25, 0.3) is 5.60 Å². The van der Waals surface area contributed by atoms with E-state index < -0.39 is 68.5 Å². The van der Waals surface area contributed by atoms with Gasteiger partial charge in [0.15, 0.2) is 9.84 Å². The number of urea groups is 1. The van der Waals surface area contributed by atoms with Crippen LogP contribution in [0.2, 0.25) is 0 Å². The molecule has 3 amide bonds. The van der Waals surface area contributed by atoms with Gasteiger partial charge in [-0.1, -0.05) is 43.5 Å². The lowest BCUT2D eigenvalue weighted by molar-refractivity contribution is -0.400. The average Bonchev–Trinajstić information content (AvgIpc) is 3.54. The van der Waals surface area contributed by atoms with Crippen molar-refractivity contribution in [3.8, 4) is 0 Å². The zero-order chi connectivity index (χ0) is 36.7. The van der Waals surface area contributed by atoms with Gasteiger partial charge in [-0.15, -0.1) is 0 Å². The summed E-state index contributed by atoms with van der Waals surface area (Å²) in [6.07, 6.45) is -10.5. The first-order valence-corrected chi connectivity index (χ1v) is 18.0. The molecule has 0 aromatic heterocycles. The molecule has 2 aliphatic heterocycles. The van der Waals surface area contributed by atoms with E-state index in [1.807, 2.05) is 0 Å². The topological polar surface area (TPSA) is 87.2 Å². The first-order valence-electron chi connectivity index (χ1n) is 16.6. The fourth-order valence-corrected chi connectivity index (χ4v) is 9.56. The van der Waals surface area contributed by atoms with Gasteiger partial charge in [-0.2, -0.15) is 26.3 Å². The Labute approximate surface area is 286 Å². The number of amides is 3. The molecule has 2 aromatic rings. The number of sulfone groups is 1. The number of hydrogen-bond donors (Lipinski definition) is 0. The van der Waals surface area contributed by atoms with Crippen LogP contribution in [0.25, 0.3) is 0 Å². The molecule has 50 heavy (non-hydrogen) atoms. The monoisotopic (exact) mass is 735 g/mol. The lowest BCUT2D eigenvalue weighted by atomic mass is 9.84. The molecule has 16 heteroatoms. The van der Waals surface area contributed by atoms with E-state index in [4.69, 9.17) is 4.74 Å². The summed E-state index contributed by atoms with van der Waals surface area (Å²) in [5, 5.41) is 0. The summed E-state index contributed by atoms with van der Waals surface area (Å²) >= 11 is 0. The fourth-order valence-electron chi connectivity index (χ4n) is 7.48. The molecule has 2 heterocycles. The molecule has 1 saturated carbocycles. The number of ether oxygens (including phenoxy) is 1. The van der Waals surface area contributed by atoms with Gasteiger partial charge in [0.1, 0.15) is 10.6 Å². The molecular formula is C34H40F7N3O5S. The Morgan fingerprint density at radius 1 is 0.800 bits per heavy atom. The van der Waals surface area contributed by atoms with Crippen LogP contribution in [-0.4, -0.2) is 92.8 Å². The summed E-state index contributed by atoms with van der Waals surface area (Å²) in [6, 6.07) is 6.36. The number of nitrogens with zero attached hydrogens (tertiary/aromatic N) is 3. The van der Waals surface area contributed by atoms with Crippen molar-refractivity contribution >= 4 is 21.8 Å². The quantitative estimate of drug-likeness (QED) is 0.231. The van der Waals surface area contributed by atoms with Crippen LogP contribution < -0.4 is 0 Å². The summed E-state index contributed by atoms with van der Waals surface area (Å²) in [6.45, 7) is 2.91. The Morgan fingerprint density at radius 2 is 1.34 bits per heavy atom.